The summed E-state index contributed by atoms with van der Waals surface area (Å²) in [7, 11) is 5.73. The summed E-state index contributed by atoms with van der Waals surface area (Å²) in [5, 5.41) is 6.32. The van der Waals surface area contributed by atoms with E-state index in [0.29, 0.717) is 18.8 Å². The van der Waals surface area contributed by atoms with Crippen LogP contribution in [-0.4, -0.2) is 72.5 Å². The summed E-state index contributed by atoms with van der Waals surface area (Å²) in [5.74, 6) is 0.769. The van der Waals surface area contributed by atoms with Crippen molar-refractivity contribution in [3.8, 4) is 11.1 Å². The SMILES string of the molecule is CNc1cc(-c2c[nH]c(=O)c(N[C@@H]3CCN(C(=O)C=CCN(C)C)C3)c2)ccn1. The third kappa shape index (κ3) is 5.45. The number of hydrogen-bond acceptors (Lipinski definition) is 6. The minimum atomic E-state index is -0.174. The van der Waals surface area contributed by atoms with Crippen molar-refractivity contribution in [1.29, 1.82) is 0 Å². The number of aromatic nitrogens is 2. The highest BCUT2D eigenvalue weighted by molar-refractivity contribution is 5.87. The summed E-state index contributed by atoms with van der Waals surface area (Å²) in [4.78, 5) is 35.4. The number of nitrogens with one attached hydrogen (secondary N) is 3. The van der Waals surface area contributed by atoms with Crippen LogP contribution >= 0.6 is 0 Å². The first kappa shape index (κ1) is 20.6. The predicted octanol–water partition coefficient (Wildman–Crippen LogP) is 1.61. The Kier molecular flexibility index (Phi) is 6.66. The van der Waals surface area contributed by atoms with Gasteiger partial charge in [0.15, 0.2) is 0 Å². The number of amides is 1. The lowest BCUT2D eigenvalue weighted by Crippen LogP contribution is -2.31. The number of likely N-dealkylation sites (tertiary alicyclic amines) is 1. The molecule has 0 aromatic carbocycles. The Balaban J connectivity index is 1.67. The zero-order valence-corrected chi connectivity index (χ0v) is 17.1. The Morgan fingerprint density at radius 2 is 2.21 bits per heavy atom. The molecule has 154 valence electrons. The first-order valence-corrected chi connectivity index (χ1v) is 9.70. The van der Waals surface area contributed by atoms with Gasteiger partial charge in [-0.3, -0.25) is 9.59 Å². The van der Waals surface area contributed by atoms with Crippen LogP contribution < -0.4 is 16.2 Å². The van der Waals surface area contributed by atoms with Gasteiger partial charge in [0.05, 0.1) is 0 Å². The molecule has 1 aliphatic heterocycles. The number of carbonyl (C=O) groups excluding carboxylic acids is 1. The molecule has 3 heterocycles. The molecule has 0 unspecified atom stereocenters. The van der Waals surface area contributed by atoms with Crippen molar-refractivity contribution >= 4 is 17.4 Å². The molecule has 0 saturated carbocycles. The van der Waals surface area contributed by atoms with E-state index in [4.69, 9.17) is 0 Å². The van der Waals surface area contributed by atoms with Gasteiger partial charge in [-0.1, -0.05) is 6.08 Å². The van der Waals surface area contributed by atoms with E-state index in [2.05, 4.69) is 20.6 Å². The van der Waals surface area contributed by atoms with Crippen LogP contribution in [0.4, 0.5) is 11.5 Å². The van der Waals surface area contributed by atoms with E-state index in [1.807, 2.05) is 55.2 Å². The lowest BCUT2D eigenvalue weighted by atomic mass is 10.1. The molecule has 1 saturated heterocycles. The van der Waals surface area contributed by atoms with E-state index in [1.54, 1.807) is 18.5 Å². The molecule has 0 bridgehead atoms. The normalized spacial score (nSPS) is 16.6. The molecule has 3 rings (SSSR count). The number of likely N-dealkylation sites (N-methyl/N-ethyl adjacent to an activating group) is 1. The first-order chi connectivity index (χ1) is 14.0. The van der Waals surface area contributed by atoms with E-state index in [9.17, 15) is 9.59 Å². The number of H-pyrrole nitrogens is 1. The summed E-state index contributed by atoms with van der Waals surface area (Å²) in [6.07, 6.45) is 7.71. The largest absolute Gasteiger partial charge is 0.376 e. The van der Waals surface area contributed by atoms with Crippen molar-refractivity contribution in [2.45, 2.75) is 12.5 Å². The number of aromatic amines is 1. The molecule has 0 radical (unpaired) electrons. The second kappa shape index (κ2) is 9.38. The molecule has 2 aromatic rings. The predicted molar refractivity (Wildman–Crippen MR) is 116 cm³/mol. The van der Waals surface area contributed by atoms with E-state index < -0.39 is 0 Å². The quantitative estimate of drug-likeness (QED) is 0.616. The summed E-state index contributed by atoms with van der Waals surface area (Å²) >= 11 is 0. The Hall–Kier alpha value is -3.13. The average Bonchev–Trinajstić information content (AvgIpc) is 3.18. The Morgan fingerprint density at radius 1 is 1.38 bits per heavy atom. The van der Waals surface area contributed by atoms with Crippen LogP contribution in [0.3, 0.4) is 0 Å². The molecule has 1 aliphatic rings. The molecule has 29 heavy (non-hydrogen) atoms. The Labute approximate surface area is 170 Å². The lowest BCUT2D eigenvalue weighted by molar-refractivity contribution is -0.125. The highest BCUT2D eigenvalue weighted by Crippen LogP contribution is 2.22. The third-order valence-electron chi connectivity index (χ3n) is 4.84. The molecule has 1 atom stereocenters. The fourth-order valence-corrected chi connectivity index (χ4v) is 3.27. The van der Waals surface area contributed by atoms with E-state index in [0.717, 1.165) is 29.9 Å². The van der Waals surface area contributed by atoms with Crippen molar-refractivity contribution in [2.75, 3.05) is 51.4 Å². The van der Waals surface area contributed by atoms with Crippen LogP contribution in [0, 0.1) is 0 Å². The number of nitrogens with zero attached hydrogens (tertiary/aromatic N) is 3. The van der Waals surface area contributed by atoms with Crippen LogP contribution in [0.25, 0.3) is 11.1 Å². The molecule has 2 aromatic heterocycles. The average molecular weight is 396 g/mol. The van der Waals surface area contributed by atoms with Crippen LogP contribution in [-0.2, 0) is 4.79 Å². The molecule has 8 heteroatoms. The minimum absolute atomic E-state index is 0.00944. The van der Waals surface area contributed by atoms with Gasteiger partial charge < -0.3 is 25.4 Å². The second-order valence-corrected chi connectivity index (χ2v) is 7.39. The molecule has 0 aliphatic carbocycles. The van der Waals surface area contributed by atoms with Gasteiger partial charge in [0, 0.05) is 56.8 Å². The van der Waals surface area contributed by atoms with Crippen molar-refractivity contribution in [1.82, 2.24) is 19.8 Å². The maximum atomic E-state index is 12.3. The molecular weight excluding hydrogens is 368 g/mol. The second-order valence-electron chi connectivity index (χ2n) is 7.39. The van der Waals surface area contributed by atoms with Gasteiger partial charge in [-0.15, -0.1) is 0 Å². The fourth-order valence-electron chi connectivity index (χ4n) is 3.27. The fraction of sp³-hybridized carbons (Fsp3) is 0.381. The number of pyridine rings is 2. The van der Waals surface area contributed by atoms with Gasteiger partial charge in [0.2, 0.25) is 5.91 Å². The van der Waals surface area contributed by atoms with Crippen molar-refractivity contribution in [3.63, 3.8) is 0 Å². The minimum Gasteiger partial charge on any atom is -0.376 e. The first-order valence-electron chi connectivity index (χ1n) is 9.70. The number of carbonyl (C=O) groups is 1. The zero-order valence-electron chi connectivity index (χ0n) is 17.1. The number of anilines is 2. The van der Waals surface area contributed by atoms with Crippen LogP contribution in [0.15, 0.2) is 47.5 Å². The highest BCUT2D eigenvalue weighted by Gasteiger charge is 2.25. The maximum absolute atomic E-state index is 12.3. The van der Waals surface area contributed by atoms with Crippen molar-refractivity contribution in [3.05, 3.63) is 53.1 Å². The standard InChI is InChI=1S/C21H28N6O2/c1-22-19-12-15(6-8-23-19)16-11-18(21(29)24-13-16)25-17-7-10-27(14-17)20(28)5-4-9-26(2)3/h4-6,8,11-13,17,25H,7,9-10,14H2,1-3H3,(H,22,23)(H,24,29)/t17-/m1/s1. The molecule has 1 amide bonds. The Morgan fingerprint density at radius 3 is 2.97 bits per heavy atom. The lowest BCUT2D eigenvalue weighted by Gasteiger charge is -2.16. The summed E-state index contributed by atoms with van der Waals surface area (Å²) < 4.78 is 0. The molecular formula is C21H28N6O2. The summed E-state index contributed by atoms with van der Waals surface area (Å²) in [6.45, 7) is 1.98. The van der Waals surface area contributed by atoms with Crippen molar-refractivity contribution < 1.29 is 4.79 Å². The van der Waals surface area contributed by atoms with Crippen molar-refractivity contribution in [2.24, 2.45) is 0 Å². The van der Waals surface area contributed by atoms with E-state index in [-0.39, 0.29) is 17.5 Å². The third-order valence-corrected chi connectivity index (χ3v) is 4.84. The molecule has 0 spiro atoms. The van der Waals surface area contributed by atoms with Gasteiger partial charge in [0.1, 0.15) is 11.5 Å². The molecule has 1 fully saturated rings. The van der Waals surface area contributed by atoms with Crippen LogP contribution in [0.2, 0.25) is 0 Å². The smallest absolute Gasteiger partial charge is 0.271 e. The van der Waals surface area contributed by atoms with E-state index in [1.165, 1.54) is 0 Å². The number of rotatable bonds is 7. The highest BCUT2D eigenvalue weighted by atomic mass is 16.2. The number of hydrogen-bond donors (Lipinski definition) is 3. The summed E-state index contributed by atoms with van der Waals surface area (Å²) in [5.41, 5.74) is 2.18. The van der Waals surface area contributed by atoms with Crippen LogP contribution in [0.5, 0.6) is 0 Å². The summed E-state index contributed by atoms with van der Waals surface area (Å²) in [6, 6.07) is 5.71. The van der Waals surface area contributed by atoms with E-state index >= 15 is 0 Å². The zero-order chi connectivity index (χ0) is 20.8. The van der Waals surface area contributed by atoms with Gasteiger partial charge in [0.25, 0.3) is 5.56 Å². The van der Waals surface area contributed by atoms with Gasteiger partial charge in [-0.05, 0) is 44.3 Å². The monoisotopic (exact) mass is 396 g/mol. The van der Waals surface area contributed by atoms with Gasteiger partial charge >= 0.3 is 0 Å². The van der Waals surface area contributed by atoms with Crippen LogP contribution in [0.1, 0.15) is 6.42 Å². The Bertz CT molecular complexity index is 937. The molecule has 3 N–H and O–H groups in total. The topological polar surface area (TPSA) is 93.4 Å². The van der Waals surface area contributed by atoms with Gasteiger partial charge in [-0.25, -0.2) is 4.98 Å². The van der Waals surface area contributed by atoms with Gasteiger partial charge in [-0.2, -0.15) is 0 Å². The maximum Gasteiger partial charge on any atom is 0.271 e. The molecule has 8 nitrogen and oxygen atoms in total.